The molecule has 3 fully saturated rings. The van der Waals surface area contributed by atoms with Crippen LogP contribution < -0.4 is 10.2 Å². The fourth-order valence-electron chi connectivity index (χ4n) is 4.95. The zero-order valence-corrected chi connectivity index (χ0v) is 16.1. The molecule has 0 radical (unpaired) electrons. The Balaban J connectivity index is 1.43. The SMILES string of the molecule is C[C@]1(NC(=O)C2CCCC2)CCOC2(CCN(c3cnccn3)CC2)[C@@H]1O. The van der Waals surface area contributed by atoms with E-state index in [1.54, 1.807) is 18.6 Å². The van der Waals surface area contributed by atoms with E-state index in [1.165, 1.54) is 0 Å². The highest BCUT2D eigenvalue weighted by Gasteiger charge is 2.54. The van der Waals surface area contributed by atoms with Gasteiger partial charge in [-0.25, -0.2) is 4.98 Å². The zero-order chi connectivity index (χ0) is 18.9. The number of hydrogen-bond acceptors (Lipinski definition) is 6. The van der Waals surface area contributed by atoms with Gasteiger partial charge in [0.1, 0.15) is 11.9 Å². The molecule has 0 aromatic carbocycles. The number of nitrogens with one attached hydrogen (secondary N) is 1. The van der Waals surface area contributed by atoms with Gasteiger partial charge in [-0.2, -0.15) is 0 Å². The van der Waals surface area contributed by atoms with Crippen molar-refractivity contribution in [2.75, 3.05) is 24.6 Å². The van der Waals surface area contributed by atoms with Crippen molar-refractivity contribution in [3.05, 3.63) is 18.6 Å². The smallest absolute Gasteiger partial charge is 0.223 e. The Hall–Kier alpha value is -1.73. The summed E-state index contributed by atoms with van der Waals surface area (Å²) in [6.45, 7) is 4.04. The van der Waals surface area contributed by atoms with Crippen molar-refractivity contribution in [3.63, 3.8) is 0 Å². The van der Waals surface area contributed by atoms with E-state index in [9.17, 15) is 9.90 Å². The van der Waals surface area contributed by atoms with Crippen molar-refractivity contribution in [1.82, 2.24) is 15.3 Å². The molecule has 2 atom stereocenters. The Morgan fingerprint density at radius 1 is 1.26 bits per heavy atom. The maximum absolute atomic E-state index is 12.7. The van der Waals surface area contributed by atoms with Gasteiger partial charge in [-0.15, -0.1) is 0 Å². The number of ether oxygens (including phenoxy) is 1. The zero-order valence-electron chi connectivity index (χ0n) is 16.1. The normalized spacial score (nSPS) is 31.2. The lowest BCUT2D eigenvalue weighted by Gasteiger charge is -2.53. The number of aromatic nitrogens is 2. The number of piperidine rings is 1. The van der Waals surface area contributed by atoms with E-state index in [0.29, 0.717) is 25.9 Å². The first kappa shape index (κ1) is 18.6. The molecule has 1 amide bonds. The minimum atomic E-state index is -0.715. The highest BCUT2D eigenvalue weighted by atomic mass is 16.5. The molecule has 1 saturated carbocycles. The number of hydrogen-bond donors (Lipinski definition) is 2. The molecule has 3 heterocycles. The van der Waals surface area contributed by atoms with Gasteiger partial charge in [-0.3, -0.25) is 9.78 Å². The Bertz CT molecular complexity index is 656. The fraction of sp³-hybridized carbons (Fsp3) is 0.750. The van der Waals surface area contributed by atoms with Gasteiger partial charge < -0.3 is 20.1 Å². The quantitative estimate of drug-likeness (QED) is 0.837. The summed E-state index contributed by atoms with van der Waals surface area (Å²) in [6.07, 6.45) is 10.7. The van der Waals surface area contributed by atoms with Gasteiger partial charge in [-0.05, 0) is 39.0 Å². The van der Waals surface area contributed by atoms with Crippen LogP contribution in [0, 0.1) is 5.92 Å². The molecule has 1 aliphatic carbocycles. The Kier molecular flexibility index (Phi) is 5.07. The number of carbonyl (C=O) groups is 1. The molecule has 1 spiro atoms. The van der Waals surface area contributed by atoms with Crippen LogP contribution in [0.25, 0.3) is 0 Å². The minimum Gasteiger partial charge on any atom is -0.388 e. The number of anilines is 1. The third-order valence-corrected chi connectivity index (χ3v) is 6.73. The van der Waals surface area contributed by atoms with Crippen molar-refractivity contribution in [2.24, 2.45) is 5.92 Å². The topological polar surface area (TPSA) is 87.6 Å². The molecule has 0 bridgehead atoms. The maximum atomic E-state index is 12.7. The summed E-state index contributed by atoms with van der Waals surface area (Å²) in [7, 11) is 0. The molecule has 7 nitrogen and oxygen atoms in total. The summed E-state index contributed by atoms with van der Waals surface area (Å²) >= 11 is 0. The first-order chi connectivity index (χ1) is 13.0. The predicted molar refractivity (Wildman–Crippen MR) is 101 cm³/mol. The van der Waals surface area contributed by atoms with Gasteiger partial charge in [-0.1, -0.05) is 12.8 Å². The fourth-order valence-corrected chi connectivity index (χ4v) is 4.95. The third-order valence-electron chi connectivity index (χ3n) is 6.73. The third kappa shape index (κ3) is 3.55. The van der Waals surface area contributed by atoms with Gasteiger partial charge >= 0.3 is 0 Å². The number of nitrogens with zero attached hydrogens (tertiary/aromatic N) is 3. The Morgan fingerprint density at radius 2 is 2.00 bits per heavy atom. The molecule has 2 aliphatic heterocycles. The molecule has 148 valence electrons. The molecular weight excluding hydrogens is 344 g/mol. The van der Waals surface area contributed by atoms with Crippen LogP contribution in [0.4, 0.5) is 5.82 Å². The number of aliphatic hydroxyl groups is 1. The second kappa shape index (κ2) is 7.36. The highest BCUT2D eigenvalue weighted by Crippen LogP contribution is 2.41. The van der Waals surface area contributed by atoms with Crippen molar-refractivity contribution >= 4 is 11.7 Å². The monoisotopic (exact) mass is 374 g/mol. The van der Waals surface area contributed by atoms with Crippen LogP contribution in [0.1, 0.15) is 51.9 Å². The molecule has 4 rings (SSSR count). The van der Waals surface area contributed by atoms with Crippen LogP contribution in [0.15, 0.2) is 18.6 Å². The minimum absolute atomic E-state index is 0.100. The number of rotatable bonds is 3. The van der Waals surface area contributed by atoms with Gasteiger partial charge in [0.25, 0.3) is 0 Å². The van der Waals surface area contributed by atoms with E-state index < -0.39 is 17.2 Å². The van der Waals surface area contributed by atoms with Crippen molar-refractivity contribution < 1.29 is 14.6 Å². The second-order valence-corrected chi connectivity index (χ2v) is 8.50. The lowest BCUT2D eigenvalue weighted by Crippen LogP contribution is -2.69. The molecule has 0 unspecified atom stereocenters. The predicted octanol–water partition coefficient (Wildman–Crippen LogP) is 1.66. The van der Waals surface area contributed by atoms with Crippen LogP contribution in [0.5, 0.6) is 0 Å². The molecule has 2 saturated heterocycles. The largest absolute Gasteiger partial charge is 0.388 e. The van der Waals surface area contributed by atoms with Gasteiger partial charge in [0.15, 0.2) is 0 Å². The van der Waals surface area contributed by atoms with Crippen molar-refractivity contribution in [2.45, 2.75) is 69.1 Å². The molecule has 1 aromatic rings. The average Bonchev–Trinajstić information content (AvgIpc) is 3.23. The molecule has 7 heteroatoms. The summed E-state index contributed by atoms with van der Waals surface area (Å²) in [5.41, 5.74) is -1.23. The summed E-state index contributed by atoms with van der Waals surface area (Å²) < 4.78 is 6.14. The van der Waals surface area contributed by atoms with Crippen LogP contribution in [-0.2, 0) is 9.53 Å². The van der Waals surface area contributed by atoms with Crippen LogP contribution >= 0.6 is 0 Å². The number of aliphatic hydroxyl groups excluding tert-OH is 1. The molecule has 2 N–H and O–H groups in total. The van der Waals surface area contributed by atoms with Gasteiger partial charge in [0, 0.05) is 38.0 Å². The van der Waals surface area contributed by atoms with Crippen LogP contribution in [0.2, 0.25) is 0 Å². The van der Waals surface area contributed by atoms with Gasteiger partial charge in [0.05, 0.1) is 17.3 Å². The van der Waals surface area contributed by atoms with Crippen molar-refractivity contribution in [1.29, 1.82) is 0 Å². The van der Waals surface area contributed by atoms with E-state index >= 15 is 0 Å². The maximum Gasteiger partial charge on any atom is 0.223 e. The Morgan fingerprint density at radius 3 is 2.67 bits per heavy atom. The van der Waals surface area contributed by atoms with Crippen molar-refractivity contribution in [3.8, 4) is 0 Å². The lowest BCUT2D eigenvalue weighted by atomic mass is 9.73. The first-order valence-electron chi connectivity index (χ1n) is 10.2. The summed E-state index contributed by atoms with van der Waals surface area (Å²) in [5.74, 6) is 1.06. The molecule has 3 aliphatic rings. The highest BCUT2D eigenvalue weighted by molar-refractivity contribution is 5.79. The summed E-state index contributed by atoms with van der Waals surface area (Å²) in [6, 6.07) is 0. The number of carbonyl (C=O) groups excluding carboxylic acids is 1. The van der Waals surface area contributed by atoms with E-state index in [-0.39, 0.29) is 11.8 Å². The first-order valence-corrected chi connectivity index (χ1v) is 10.2. The molecule has 27 heavy (non-hydrogen) atoms. The standard InChI is InChI=1S/C20H30N4O3/c1-19(23-17(25)15-4-2-3-5-15)8-13-27-20(18(19)26)6-11-24(12-7-20)16-14-21-9-10-22-16/h9-10,14-15,18,26H,2-8,11-13H2,1H3,(H,23,25)/t18-,19+/m1/s1. The Labute approximate surface area is 160 Å². The van der Waals surface area contributed by atoms with E-state index in [4.69, 9.17) is 4.74 Å². The van der Waals surface area contributed by atoms with E-state index in [0.717, 1.165) is 44.6 Å². The molecule has 1 aromatic heterocycles. The van der Waals surface area contributed by atoms with Crippen LogP contribution in [0.3, 0.4) is 0 Å². The van der Waals surface area contributed by atoms with E-state index in [1.807, 2.05) is 6.92 Å². The second-order valence-electron chi connectivity index (χ2n) is 8.50. The van der Waals surface area contributed by atoms with Crippen LogP contribution in [-0.4, -0.2) is 57.9 Å². The summed E-state index contributed by atoms with van der Waals surface area (Å²) in [5, 5.41) is 14.5. The molecular formula is C20H30N4O3. The number of amides is 1. The van der Waals surface area contributed by atoms with E-state index in [2.05, 4.69) is 20.2 Å². The lowest BCUT2D eigenvalue weighted by molar-refractivity contribution is -0.199. The van der Waals surface area contributed by atoms with Gasteiger partial charge in [0.2, 0.25) is 5.91 Å². The summed E-state index contributed by atoms with van der Waals surface area (Å²) in [4.78, 5) is 23.4. The average molecular weight is 374 g/mol.